The van der Waals surface area contributed by atoms with E-state index in [0.717, 1.165) is 26.4 Å². The van der Waals surface area contributed by atoms with Crippen molar-refractivity contribution in [3.63, 3.8) is 0 Å². The lowest BCUT2D eigenvalue weighted by molar-refractivity contribution is 0.585. The average Bonchev–Trinajstić information content (AvgIpc) is 3.05. The van der Waals surface area contributed by atoms with Crippen molar-refractivity contribution in [1.82, 2.24) is 10.2 Å². The van der Waals surface area contributed by atoms with Crippen molar-refractivity contribution >= 4 is 26.7 Å². The third-order valence-electron chi connectivity index (χ3n) is 3.54. The van der Waals surface area contributed by atoms with Gasteiger partial charge in [-0.25, -0.2) is 0 Å². The van der Waals surface area contributed by atoms with Crippen LogP contribution >= 0.6 is 15.9 Å². The number of fused-ring (bicyclic) bond motifs is 1. The van der Waals surface area contributed by atoms with Crippen LogP contribution in [0, 0.1) is 0 Å². The molecule has 3 aromatic carbocycles. The Morgan fingerprint density at radius 2 is 1.45 bits per heavy atom. The number of rotatable bonds is 2. The molecular weight excluding hydrogens is 340 g/mol. The second-order valence-corrected chi connectivity index (χ2v) is 5.86. The van der Waals surface area contributed by atoms with Gasteiger partial charge in [-0.2, -0.15) is 0 Å². The molecule has 1 heterocycles. The van der Waals surface area contributed by atoms with Gasteiger partial charge in [0, 0.05) is 15.6 Å². The highest BCUT2D eigenvalue weighted by Crippen LogP contribution is 2.30. The van der Waals surface area contributed by atoms with Crippen molar-refractivity contribution in [2.24, 2.45) is 0 Å². The van der Waals surface area contributed by atoms with Gasteiger partial charge in [-0.1, -0.05) is 52.3 Å². The summed E-state index contributed by atoms with van der Waals surface area (Å²) in [6, 6.07) is 22.1. The van der Waals surface area contributed by atoms with Gasteiger partial charge >= 0.3 is 0 Å². The maximum absolute atomic E-state index is 5.87. The Balaban J connectivity index is 1.82. The van der Waals surface area contributed by atoms with Crippen LogP contribution in [-0.4, -0.2) is 10.2 Å². The van der Waals surface area contributed by atoms with E-state index in [1.165, 1.54) is 0 Å². The van der Waals surface area contributed by atoms with Crippen LogP contribution in [0.25, 0.3) is 33.7 Å². The molecule has 106 valence electrons. The summed E-state index contributed by atoms with van der Waals surface area (Å²) in [7, 11) is 0. The van der Waals surface area contributed by atoms with Crippen molar-refractivity contribution in [3.8, 4) is 22.9 Å². The van der Waals surface area contributed by atoms with Gasteiger partial charge in [0.2, 0.25) is 11.8 Å². The molecule has 0 atom stereocenters. The number of benzene rings is 3. The molecule has 4 heteroatoms. The molecule has 1 aromatic heterocycles. The summed E-state index contributed by atoms with van der Waals surface area (Å²) in [5.41, 5.74) is 1.86. The smallest absolute Gasteiger partial charge is 0.248 e. The molecule has 0 fully saturated rings. The molecule has 3 nitrogen and oxygen atoms in total. The predicted octanol–water partition coefficient (Wildman–Crippen LogP) is 5.32. The van der Waals surface area contributed by atoms with Crippen molar-refractivity contribution in [2.75, 3.05) is 0 Å². The molecule has 0 aliphatic carbocycles. The Kier molecular flexibility index (Phi) is 3.24. The molecular formula is C18H11BrN2O. The lowest BCUT2D eigenvalue weighted by Crippen LogP contribution is -1.81. The SMILES string of the molecule is Brc1ccc(-c2nnc(-c3cccc4ccccc34)o2)cc1. The zero-order valence-corrected chi connectivity index (χ0v) is 13.1. The number of hydrogen-bond acceptors (Lipinski definition) is 3. The molecule has 22 heavy (non-hydrogen) atoms. The van der Waals surface area contributed by atoms with Gasteiger partial charge in [0.15, 0.2) is 0 Å². The summed E-state index contributed by atoms with van der Waals surface area (Å²) in [5, 5.41) is 10.6. The molecule has 4 rings (SSSR count). The Bertz CT molecular complexity index is 939. The third kappa shape index (κ3) is 2.31. The fraction of sp³-hybridized carbons (Fsp3) is 0. The van der Waals surface area contributed by atoms with Crippen LogP contribution in [0.1, 0.15) is 0 Å². The van der Waals surface area contributed by atoms with Crippen LogP contribution < -0.4 is 0 Å². The zero-order valence-electron chi connectivity index (χ0n) is 11.5. The van der Waals surface area contributed by atoms with Gasteiger partial charge in [-0.05, 0) is 41.1 Å². The first-order valence-corrected chi connectivity index (χ1v) is 7.68. The van der Waals surface area contributed by atoms with Crippen LogP contribution in [-0.2, 0) is 0 Å². The quantitative estimate of drug-likeness (QED) is 0.491. The van der Waals surface area contributed by atoms with Crippen molar-refractivity contribution in [3.05, 3.63) is 71.2 Å². The predicted molar refractivity (Wildman–Crippen MR) is 90.4 cm³/mol. The summed E-state index contributed by atoms with van der Waals surface area (Å²) < 4.78 is 6.88. The van der Waals surface area contributed by atoms with E-state index in [1.54, 1.807) is 0 Å². The summed E-state index contributed by atoms with van der Waals surface area (Å²) in [6.45, 7) is 0. The zero-order chi connectivity index (χ0) is 14.9. The largest absolute Gasteiger partial charge is 0.416 e. The molecule has 0 unspecified atom stereocenters. The molecule has 0 amide bonds. The minimum Gasteiger partial charge on any atom is -0.416 e. The Hall–Kier alpha value is -2.46. The number of aromatic nitrogens is 2. The summed E-state index contributed by atoms with van der Waals surface area (Å²) >= 11 is 3.42. The number of halogens is 1. The Morgan fingerprint density at radius 3 is 2.32 bits per heavy atom. The van der Waals surface area contributed by atoms with E-state index >= 15 is 0 Å². The van der Waals surface area contributed by atoms with Crippen LogP contribution in [0.2, 0.25) is 0 Å². The van der Waals surface area contributed by atoms with Crippen LogP contribution in [0.5, 0.6) is 0 Å². The highest BCUT2D eigenvalue weighted by atomic mass is 79.9. The molecule has 4 aromatic rings. The Morgan fingerprint density at radius 1 is 0.727 bits per heavy atom. The second kappa shape index (κ2) is 5.39. The first-order valence-electron chi connectivity index (χ1n) is 6.89. The van der Waals surface area contributed by atoms with Crippen molar-refractivity contribution in [1.29, 1.82) is 0 Å². The molecule has 0 radical (unpaired) electrons. The summed E-state index contributed by atoms with van der Waals surface area (Å²) in [4.78, 5) is 0. The minimum atomic E-state index is 0.524. The molecule has 0 saturated carbocycles. The highest BCUT2D eigenvalue weighted by molar-refractivity contribution is 9.10. The van der Waals surface area contributed by atoms with E-state index in [9.17, 15) is 0 Å². The lowest BCUT2D eigenvalue weighted by Gasteiger charge is -2.01. The third-order valence-corrected chi connectivity index (χ3v) is 4.06. The maximum Gasteiger partial charge on any atom is 0.248 e. The molecule has 0 aliphatic heterocycles. The van der Waals surface area contributed by atoms with Crippen molar-refractivity contribution in [2.45, 2.75) is 0 Å². The van der Waals surface area contributed by atoms with Crippen LogP contribution in [0.4, 0.5) is 0 Å². The average molecular weight is 351 g/mol. The standard InChI is InChI=1S/C18H11BrN2O/c19-14-10-8-13(9-11-14)17-20-21-18(22-17)16-7-3-5-12-4-1-2-6-15(12)16/h1-11H. The van der Waals surface area contributed by atoms with Crippen LogP contribution in [0.15, 0.2) is 75.6 Å². The topological polar surface area (TPSA) is 38.9 Å². The molecule has 0 bridgehead atoms. The van der Waals surface area contributed by atoms with Gasteiger partial charge < -0.3 is 4.42 Å². The van der Waals surface area contributed by atoms with Crippen molar-refractivity contribution < 1.29 is 4.42 Å². The van der Waals surface area contributed by atoms with Gasteiger partial charge in [0.25, 0.3) is 0 Å². The molecule has 0 saturated heterocycles. The van der Waals surface area contributed by atoms with Gasteiger partial charge in [0.05, 0.1) is 0 Å². The first-order chi connectivity index (χ1) is 10.8. The van der Waals surface area contributed by atoms with E-state index < -0.39 is 0 Å². The lowest BCUT2D eigenvalue weighted by atomic mass is 10.0. The van der Waals surface area contributed by atoms with Gasteiger partial charge in [0.1, 0.15) is 0 Å². The second-order valence-electron chi connectivity index (χ2n) is 4.95. The van der Waals surface area contributed by atoms with E-state index in [2.05, 4.69) is 44.3 Å². The van der Waals surface area contributed by atoms with E-state index in [4.69, 9.17) is 4.42 Å². The monoisotopic (exact) mass is 350 g/mol. The van der Waals surface area contributed by atoms with E-state index in [1.807, 2.05) is 48.5 Å². The molecule has 0 N–H and O–H groups in total. The fourth-order valence-corrected chi connectivity index (χ4v) is 2.72. The fourth-order valence-electron chi connectivity index (χ4n) is 2.45. The minimum absolute atomic E-state index is 0.524. The number of nitrogens with zero attached hydrogens (tertiary/aromatic N) is 2. The Labute approximate surface area is 135 Å². The van der Waals surface area contributed by atoms with E-state index in [0.29, 0.717) is 11.8 Å². The van der Waals surface area contributed by atoms with Gasteiger partial charge in [-0.3, -0.25) is 0 Å². The van der Waals surface area contributed by atoms with Gasteiger partial charge in [-0.15, -0.1) is 10.2 Å². The maximum atomic E-state index is 5.87. The molecule has 0 aliphatic rings. The normalized spacial score (nSPS) is 11.0. The number of hydrogen-bond donors (Lipinski definition) is 0. The summed E-state index contributed by atoms with van der Waals surface area (Å²) in [5.74, 6) is 1.06. The highest BCUT2D eigenvalue weighted by Gasteiger charge is 2.12. The summed E-state index contributed by atoms with van der Waals surface area (Å²) in [6.07, 6.45) is 0. The van der Waals surface area contributed by atoms with E-state index in [-0.39, 0.29) is 0 Å². The van der Waals surface area contributed by atoms with Crippen LogP contribution in [0.3, 0.4) is 0 Å². The molecule has 0 spiro atoms. The first kappa shape index (κ1) is 13.2.